The van der Waals surface area contributed by atoms with E-state index < -0.39 is 0 Å². The Hall–Kier alpha value is -4.75. The fourth-order valence-corrected chi connectivity index (χ4v) is 7.18. The summed E-state index contributed by atoms with van der Waals surface area (Å²) < 4.78 is 10.3. The van der Waals surface area contributed by atoms with E-state index in [1.807, 2.05) is 30.1 Å². The first-order chi connectivity index (χ1) is 20.9. The van der Waals surface area contributed by atoms with Gasteiger partial charge in [0.1, 0.15) is 17.3 Å². The second-order valence-electron chi connectivity index (χ2n) is 12.2. The molecule has 5 aromatic rings. The molecule has 3 aliphatic rings. The average molecular weight is 573 g/mol. The average Bonchev–Trinajstić information content (AvgIpc) is 3.44. The van der Waals surface area contributed by atoms with Crippen LogP contribution in [0.25, 0.3) is 44.6 Å². The summed E-state index contributed by atoms with van der Waals surface area (Å²) in [5.74, 6) is 2.62. The van der Waals surface area contributed by atoms with Crippen molar-refractivity contribution in [2.45, 2.75) is 44.3 Å². The first kappa shape index (κ1) is 25.9. The number of methoxy groups -OCH3 is 1. The number of rotatable bonds is 6. The third-order valence-corrected chi connectivity index (χ3v) is 9.67. The summed E-state index contributed by atoms with van der Waals surface area (Å²) in [4.78, 5) is 29.1. The number of hydrogen-bond acceptors (Lipinski definition) is 7. The van der Waals surface area contributed by atoms with Gasteiger partial charge in [-0.25, -0.2) is 15.0 Å². The highest BCUT2D eigenvalue weighted by atomic mass is 16.5. The van der Waals surface area contributed by atoms with Gasteiger partial charge in [-0.2, -0.15) is 5.26 Å². The minimum absolute atomic E-state index is 0.00258. The molecule has 3 fully saturated rings. The third kappa shape index (κ3) is 4.10. The number of ether oxygens (including phenoxy) is 1. The molecule has 1 amide bonds. The number of nitrogens with two attached hydrogens (primary N) is 1. The summed E-state index contributed by atoms with van der Waals surface area (Å²) in [6.07, 6.45) is 7.88. The minimum Gasteiger partial charge on any atom is -0.494 e. The molecule has 4 heterocycles. The van der Waals surface area contributed by atoms with Crippen molar-refractivity contribution in [3.8, 4) is 34.5 Å². The maximum absolute atomic E-state index is 13.7. The Kier molecular flexibility index (Phi) is 5.81. The summed E-state index contributed by atoms with van der Waals surface area (Å²) >= 11 is 0. The van der Waals surface area contributed by atoms with E-state index in [1.54, 1.807) is 19.5 Å². The Balaban J connectivity index is 1.23. The highest BCUT2D eigenvalue weighted by Gasteiger charge is 2.47. The quantitative estimate of drug-likeness (QED) is 0.317. The Labute approximate surface area is 248 Å². The number of carbonyl (C=O) groups is 1. The van der Waals surface area contributed by atoms with E-state index in [0.29, 0.717) is 23.1 Å². The van der Waals surface area contributed by atoms with Gasteiger partial charge in [0.25, 0.3) is 5.91 Å². The van der Waals surface area contributed by atoms with Crippen LogP contribution in [0.3, 0.4) is 0 Å². The molecule has 0 spiro atoms. The van der Waals surface area contributed by atoms with Crippen LogP contribution >= 0.6 is 0 Å². The van der Waals surface area contributed by atoms with Crippen LogP contribution in [0.5, 0.6) is 5.75 Å². The number of amides is 1. The number of nitrogens with zero attached hydrogens (tertiary/aromatic N) is 7. The van der Waals surface area contributed by atoms with Crippen LogP contribution in [0.1, 0.15) is 41.9 Å². The molecule has 3 aromatic heterocycles. The van der Waals surface area contributed by atoms with Crippen molar-refractivity contribution in [2.24, 2.45) is 24.6 Å². The Bertz CT molecular complexity index is 1960. The lowest BCUT2D eigenvalue weighted by atomic mass is 10.1. The van der Waals surface area contributed by atoms with E-state index >= 15 is 0 Å². The standard InChI is InChI=1S/C33H32N8O2/c1-39-31-24(9-22(12-28(31)43-2)33(42)41-17-21-7-8-25(41)30(21)35)38-32(39)27-11-20-6-5-19(23-14-36-29(13-34)37-15-23)10-26(20)40(27)16-18-3-4-18/h5-6,9-12,14-15,18,21,25,30H,3-4,7-8,16-17,35H2,1-2H3. The minimum atomic E-state index is -0.00258. The third-order valence-electron chi connectivity index (χ3n) is 9.67. The lowest BCUT2D eigenvalue weighted by Crippen LogP contribution is -2.41. The Morgan fingerprint density at radius 3 is 2.58 bits per heavy atom. The number of aryl methyl sites for hydroxylation is 1. The van der Waals surface area contributed by atoms with E-state index in [1.165, 1.54) is 12.8 Å². The van der Waals surface area contributed by atoms with Crippen molar-refractivity contribution in [2.75, 3.05) is 13.7 Å². The van der Waals surface area contributed by atoms with Crippen molar-refractivity contribution in [3.05, 3.63) is 60.2 Å². The predicted molar refractivity (Wildman–Crippen MR) is 162 cm³/mol. The van der Waals surface area contributed by atoms with Gasteiger partial charge in [0, 0.05) is 66.6 Å². The van der Waals surface area contributed by atoms with Crippen molar-refractivity contribution in [3.63, 3.8) is 0 Å². The van der Waals surface area contributed by atoms with E-state index in [-0.39, 0.29) is 23.8 Å². The molecule has 2 N–H and O–H groups in total. The SMILES string of the molecule is COc1cc(C(=O)N2CC3CCC2C3N)cc2nc(-c3cc4ccc(-c5cnc(C#N)nc5)cc4n3CC3CC3)n(C)c12. The molecule has 3 unspecified atom stereocenters. The van der Waals surface area contributed by atoms with Gasteiger partial charge in [0.2, 0.25) is 5.82 Å². The van der Waals surface area contributed by atoms with Crippen LogP contribution < -0.4 is 10.5 Å². The highest BCUT2D eigenvalue weighted by Crippen LogP contribution is 2.40. The van der Waals surface area contributed by atoms with Gasteiger partial charge in [0.05, 0.1) is 18.3 Å². The molecule has 10 heteroatoms. The monoisotopic (exact) mass is 572 g/mol. The summed E-state index contributed by atoms with van der Waals surface area (Å²) in [5, 5.41) is 10.2. The molecule has 8 rings (SSSR count). The van der Waals surface area contributed by atoms with Crippen molar-refractivity contribution in [1.29, 1.82) is 5.26 Å². The number of fused-ring (bicyclic) bond motifs is 4. The fraction of sp³-hybridized carbons (Fsp3) is 0.364. The molecule has 2 bridgehead atoms. The smallest absolute Gasteiger partial charge is 0.254 e. The summed E-state index contributed by atoms with van der Waals surface area (Å²) in [6, 6.07) is 14.4. The van der Waals surface area contributed by atoms with Gasteiger partial charge in [-0.3, -0.25) is 4.79 Å². The topological polar surface area (TPSA) is 128 Å². The number of benzene rings is 2. The Morgan fingerprint density at radius 2 is 1.91 bits per heavy atom. The second kappa shape index (κ2) is 9.64. The summed E-state index contributed by atoms with van der Waals surface area (Å²) in [6.45, 7) is 1.62. The van der Waals surface area contributed by atoms with E-state index in [9.17, 15) is 4.79 Å². The maximum Gasteiger partial charge on any atom is 0.254 e. The number of imidazole rings is 1. The lowest BCUT2D eigenvalue weighted by molar-refractivity contribution is 0.0700. The molecule has 1 saturated heterocycles. The number of carbonyl (C=O) groups excluding carboxylic acids is 1. The molecular formula is C33H32N8O2. The summed E-state index contributed by atoms with van der Waals surface area (Å²) in [5.41, 5.74) is 12.6. The fourth-order valence-electron chi connectivity index (χ4n) is 7.18. The van der Waals surface area contributed by atoms with Crippen LogP contribution in [-0.4, -0.2) is 60.6 Å². The van der Waals surface area contributed by atoms with Crippen LogP contribution in [0.4, 0.5) is 0 Å². The van der Waals surface area contributed by atoms with Crippen LogP contribution in [-0.2, 0) is 13.6 Å². The number of likely N-dealkylation sites (tertiary alicyclic amines) is 1. The normalized spacial score (nSPS) is 21.2. The van der Waals surface area contributed by atoms with Crippen LogP contribution in [0.15, 0.2) is 48.8 Å². The molecule has 0 radical (unpaired) electrons. The van der Waals surface area contributed by atoms with Crippen molar-refractivity contribution < 1.29 is 9.53 Å². The van der Waals surface area contributed by atoms with Gasteiger partial charge in [-0.15, -0.1) is 0 Å². The zero-order valence-corrected chi connectivity index (χ0v) is 24.2. The van der Waals surface area contributed by atoms with Gasteiger partial charge in [-0.05, 0) is 67.3 Å². The maximum atomic E-state index is 13.7. The van der Waals surface area contributed by atoms with Gasteiger partial charge in [-0.1, -0.05) is 12.1 Å². The highest BCUT2D eigenvalue weighted by molar-refractivity contribution is 6.00. The molecule has 10 nitrogen and oxygen atoms in total. The molecule has 1 aliphatic heterocycles. The number of nitriles is 1. The van der Waals surface area contributed by atoms with E-state index in [2.05, 4.69) is 43.4 Å². The predicted octanol–water partition coefficient (Wildman–Crippen LogP) is 4.50. The second-order valence-corrected chi connectivity index (χ2v) is 12.2. The van der Waals surface area contributed by atoms with Crippen LogP contribution in [0, 0.1) is 23.2 Å². The number of aromatic nitrogens is 5. The van der Waals surface area contributed by atoms with Crippen molar-refractivity contribution in [1.82, 2.24) is 29.0 Å². The first-order valence-corrected chi connectivity index (χ1v) is 14.9. The molecule has 3 atom stereocenters. The zero-order chi connectivity index (χ0) is 29.4. The van der Waals surface area contributed by atoms with E-state index in [0.717, 1.165) is 70.5 Å². The molecular weight excluding hydrogens is 540 g/mol. The van der Waals surface area contributed by atoms with Gasteiger partial charge in [0.15, 0.2) is 5.82 Å². The molecule has 216 valence electrons. The van der Waals surface area contributed by atoms with Crippen molar-refractivity contribution >= 4 is 27.8 Å². The van der Waals surface area contributed by atoms with Gasteiger partial charge >= 0.3 is 0 Å². The molecule has 2 aromatic carbocycles. The zero-order valence-electron chi connectivity index (χ0n) is 24.2. The number of piperidine rings is 1. The number of hydrogen-bond donors (Lipinski definition) is 1. The van der Waals surface area contributed by atoms with E-state index in [4.69, 9.17) is 20.7 Å². The molecule has 2 saturated carbocycles. The first-order valence-electron chi connectivity index (χ1n) is 14.9. The lowest BCUT2D eigenvalue weighted by Gasteiger charge is -2.27. The largest absolute Gasteiger partial charge is 0.494 e. The van der Waals surface area contributed by atoms with Crippen LogP contribution in [0.2, 0.25) is 0 Å². The molecule has 2 aliphatic carbocycles. The summed E-state index contributed by atoms with van der Waals surface area (Å²) in [7, 11) is 3.65. The van der Waals surface area contributed by atoms with Gasteiger partial charge < -0.3 is 24.5 Å². The Morgan fingerprint density at radius 1 is 1.09 bits per heavy atom. The molecule has 43 heavy (non-hydrogen) atoms.